The van der Waals surface area contributed by atoms with Crippen molar-refractivity contribution >= 4 is 0 Å². The van der Waals surface area contributed by atoms with Crippen LogP contribution in [0, 0.1) is 0 Å². The van der Waals surface area contributed by atoms with Gasteiger partial charge in [-0.05, 0) is 19.9 Å². The number of allylic oxidation sites excluding steroid dienone is 1. The van der Waals surface area contributed by atoms with E-state index in [1.165, 1.54) is 12.1 Å². The van der Waals surface area contributed by atoms with Crippen molar-refractivity contribution in [3.8, 4) is 0 Å². The lowest BCUT2D eigenvalue weighted by Gasteiger charge is -2.16. The summed E-state index contributed by atoms with van der Waals surface area (Å²) in [6.07, 6.45) is 7.06. The van der Waals surface area contributed by atoms with Crippen LogP contribution in [0.5, 0.6) is 0 Å². The number of nitrogens with one attached hydrogen (secondary N) is 1. The van der Waals surface area contributed by atoms with Gasteiger partial charge in [0.1, 0.15) is 0 Å². The third-order valence-corrected chi connectivity index (χ3v) is 2.95. The molecule has 0 saturated carbocycles. The number of nitrogens with zero attached hydrogens (tertiary/aromatic N) is 2. The summed E-state index contributed by atoms with van der Waals surface area (Å²) in [6, 6.07) is 0.341. The normalized spacial score (nSPS) is 23.6. The molecule has 1 fully saturated rings. The van der Waals surface area contributed by atoms with Crippen LogP contribution < -0.4 is 5.32 Å². The molecule has 2 rings (SSSR count). The van der Waals surface area contributed by atoms with Crippen LogP contribution in [-0.2, 0) is 0 Å². The maximum Gasteiger partial charge on any atom is 0.0953 e. The Morgan fingerprint density at radius 1 is 1.79 bits per heavy atom. The minimum absolute atomic E-state index is 0.341. The van der Waals surface area contributed by atoms with Crippen molar-refractivity contribution < 1.29 is 0 Å². The van der Waals surface area contributed by atoms with Crippen molar-refractivity contribution in [2.75, 3.05) is 13.1 Å². The molecule has 1 saturated heterocycles. The standard InChI is InChI=1S/C11H17N3/c1-3-9(2)14-8-13-7-11(14)10-4-5-12-6-10/h3,7-10,12H,1,4-6H2,2H3. The van der Waals surface area contributed by atoms with Crippen molar-refractivity contribution in [3.63, 3.8) is 0 Å². The molecular formula is C11H17N3. The number of imidazole rings is 1. The highest BCUT2D eigenvalue weighted by molar-refractivity contribution is 5.11. The molecule has 2 atom stereocenters. The van der Waals surface area contributed by atoms with E-state index in [1.807, 2.05) is 18.6 Å². The first kappa shape index (κ1) is 9.46. The zero-order valence-corrected chi connectivity index (χ0v) is 8.61. The van der Waals surface area contributed by atoms with E-state index in [1.54, 1.807) is 0 Å². The summed E-state index contributed by atoms with van der Waals surface area (Å²) in [5, 5.41) is 3.38. The summed E-state index contributed by atoms with van der Waals surface area (Å²) in [4.78, 5) is 4.22. The smallest absolute Gasteiger partial charge is 0.0953 e. The second kappa shape index (κ2) is 3.96. The molecule has 2 heterocycles. The molecule has 0 amide bonds. The Morgan fingerprint density at radius 3 is 3.29 bits per heavy atom. The second-order valence-electron chi connectivity index (χ2n) is 3.89. The van der Waals surface area contributed by atoms with E-state index in [4.69, 9.17) is 0 Å². The Labute approximate surface area is 84.8 Å². The van der Waals surface area contributed by atoms with Gasteiger partial charge in [0.2, 0.25) is 0 Å². The lowest BCUT2D eigenvalue weighted by atomic mass is 10.1. The number of hydrogen-bond donors (Lipinski definition) is 1. The Morgan fingerprint density at radius 2 is 2.64 bits per heavy atom. The lowest BCUT2D eigenvalue weighted by Crippen LogP contribution is -2.12. The Balaban J connectivity index is 2.24. The summed E-state index contributed by atoms with van der Waals surface area (Å²) < 4.78 is 2.21. The largest absolute Gasteiger partial charge is 0.328 e. The van der Waals surface area contributed by atoms with E-state index >= 15 is 0 Å². The van der Waals surface area contributed by atoms with Crippen molar-refractivity contribution in [1.29, 1.82) is 0 Å². The molecule has 1 N–H and O–H groups in total. The van der Waals surface area contributed by atoms with Gasteiger partial charge in [-0.3, -0.25) is 0 Å². The molecule has 0 spiro atoms. The zero-order valence-electron chi connectivity index (χ0n) is 8.61. The van der Waals surface area contributed by atoms with Crippen LogP contribution in [0.3, 0.4) is 0 Å². The van der Waals surface area contributed by atoms with E-state index in [-0.39, 0.29) is 0 Å². The van der Waals surface area contributed by atoms with Gasteiger partial charge in [0.15, 0.2) is 0 Å². The first-order chi connectivity index (χ1) is 6.83. The number of hydrogen-bond acceptors (Lipinski definition) is 2. The van der Waals surface area contributed by atoms with Crippen LogP contribution in [0.4, 0.5) is 0 Å². The quantitative estimate of drug-likeness (QED) is 0.737. The van der Waals surface area contributed by atoms with E-state index in [0.717, 1.165) is 13.1 Å². The molecule has 0 aromatic carbocycles. The summed E-state index contributed by atoms with van der Waals surface area (Å²) in [5.41, 5.74) is 1.34. The fraction of sp³-hybridized carbons (Fsp3) is 0.545. The van der Waals surface area contributed by atoms with Gasteiger partial charge in [-0.2, -0.15) is 0 Å². The van der Waals surface area contributed by atoms with Gasteiger partial charge in [-0.1, -0.05) is 6.08 Å². The van der Waals surface area contributed by atoms with Crippen molar-refractivity contribution in [2.45, 2.75) is 25.3 Å². The molecule has 0 radical (unpaired) electrons. The molecule has 0 bridgehead atoms. The van der Waals surface area contributed by atoms with E-state index < -0.39 is 0 Å². The molecule has 0 aliphatic carbocycles. The van der Waals surface area contributed by atoms with Gasteiger partial charge >= 0.3 is 0 Å². The van der Waals surface area contributed by atoms with Crippen LogP contribution in [0.15, 0.2) is 25.2 Å². The average molecular weight is 191 g/mol. The van der Waals surface area contributed by atoms with Gasteiger partial charge in [-0.25, -0.2) is 4.98 Å². The predicted molar refractivity (Wildman–Crippen MR) is 57.4 cm³/mol. The SMILES string of the molecule is C=CC(C)n1cncc1C1CCNC1. The molecule has 3 heteroatoms. The third kappa shape index (κ3) is 1.60. The maximum absolute atomic E-state index is 4.22. The Bertz CT molecular complexity index is 310. The van der Waals surface area contributed by atoms with Crippen LogP contribution in [0.25, 0.3) is 0 Å². The van der Waals surface area contributed by atoms with Gasteiger partial charge in [-0.15, -0.1) is 6.58 Å². The van der Waals surface area contributed by atoms with Crippen LogP contribution in [0.2, 0.25) is 0 Å². The maximum atomic E-state index is 4.22. The fourth-order valence-electron chi connectivity index (χ4n) is 1.99. The lowest BCUT2D eigenvalue weighted by molar-refractivity contribution is 0.588. The third-order valence-electron chi connectivity index (χ3n) is 2.95. The van der Waals surface area contributed by atoms with Crippen molar-refractivity contribution in [2.24, 2.45) is 0 Å². The highest BCUT2D eigenvalue weighted by Crippen LogP contribution is 2.24. The number of rotatable bonds is 3. The molecule has 1 aromatic heterocycles. The molecule has 14 heavy (non-hydrogen) atoms. The summed E-state index contributed by atoms with van der Waals surface area (Å²) in [6.45, 7) is 8.16. The monoisotopic (exact) mass is 191 g/mol. The van der Waals surface area contributed by atoms with Crippen LogP contribution in [-0.4, -0.2) is 22.6 Å². The molecular weight excluding hydrogens is 174 g/mol. The molecule has 76 valence electrons. The van der Waals surface area contributed by atoms with Crippen molar-refractivity contribution in [3.05, 3.63) is 30.9 Å². The summed E-state index contributed by atoms with van der Waals surface area (Å²) in [7, 11) is 0. The minimum Gasteiger partial charge on any atom is -0.328 e. The van der Waals surface area contributed by atoms with Gasteiger partial charge in [0.25, 0.3) is 0 Å². The first-order valence-corrected chi connectivity index (χ1v) is 5.18. The molecule has 1 aromatic rings. The van der Waals surface area contributed by atoms with E-state index in [0.29, 0.717) is 12.0 Å². The number of aromatic nitrogens is 2. The second-order valence-corrected chi connectivity index (χ2v) is 3.89. The van der Waals surface area contributed by atoms with Gasteiger partial charge in [0.05, 0.1) is 6.33 Å². The minimum atomic E-state index is 0.341. The fourth-order valence-corrected chi connectivity index (χ4v) is 1.99. The van der Waals surface area contributed by atoms with Crippen LogP contribution in [0.1, 0.15) is 31.0 Å². The summed E-state index contributed by atoms with van der Waals surface area (Å²) in [5.74, 6) is 0.625. The molecule has 1 aliphatic heterocycles. The topological polar surface area (TPSA) is 29.9 Å². The van der Waals surface area contributed by atoms with Crippen LogP contribution >= 0.6 is 0 Å². The first-order valence-electron chi connectivity index (χ1n) is 5.18. The highest BCUT2D eigenvalue weighted by atomic mass is 15.1. The molecule has 2 unspecified atom stereocenters. The summed E-state index contributed by atoms with van der Waals surface area (Å²) >= 11 is 0. The Hall–Kier alpha value is -1.09. The highest BCUT2D eigenvalue weighted by Gasteiger charge is 2.20. The average Bonchev–Trinajstić information content (AvgIpc) is 2.85. The van der Waals surface area contributed by atoms with E-state index in [2.05, 4.69) is 28.4 Å². The molecule has 1 aliphatic rings. The zero-order chi connectivity index (χ0) is 9.97. The van der Waals surface area contributed by atoms with Crippen molar-refractivity contribution in [1.82, 2.24) is 14.9 Å². The van der Waals surface area contributed by atoms with Gasteiger partial charge < -0.3 is 9.88 Å². The van der Waals surface area contributed by atoms with Gasteiger partial charge in [0, 0.05) is 30.4 Å². The Kier molecular flexibility index (Phi) is 2.68. The molecule has 3 nitrogen and oxygen atoms in total. The van der Waals surface area contributed by atoms with E-state index in [9.17, 15) is 0 Å². The predicted octanol–water partition coefficient (Wildman–Crippen LogP) is 1.71.